The van der Waals surface area contributed by atoms with Crippen LogP contribution in [0.3, 0.4) is 0 Å². The van der Waals surface area contributed by atoms with Crippen LogP contribution in [0.15, 0.2) is 0 Å². The summed E-state index contributed by atoms with van der Waals surface area (Å²) >= 11 is 5.12. The first-order chi connectivity index (χ1) is 6.92. The minimum Gasteiger partial charge on any atom is -0.281 e. The minimum atomic E-state index is -3.27. The molecule has 0 aliphatic carbocycles. The molecule has 0 bridgehead atoms. The van der Waals surface area contributed by atoms with E-state index in [0.29, 0.717) is 19.0 Å². The molecule has 0 N–H and O–H groups in total. The van der Waals surface area contributed by atoms with Gasteiger partial charge < -0.3 is 0 Å². The molecule has 6 heteroatoms. The predicted octanol–water partition coefficient (Wildman–Crippen LogP) is 1.20. The lowest BCUT2D eigenvalue weighted by Crippen LogP contribution is -2.39. The second kappa shape index (κ2) is 5.27. The smallest absolute Gasteiger partial charge is 0.222 e. The number of hydrogen-bond donors (Lipinski definition) is 0. The highest BCUT2D eigenvalue weighted by atomic mass is 35.5. The van der Waals surface area contributed by atoms with E-state index in [4.69, 9.17) is 11.6 Å². The number of carbonyl (C=O) groups excluding carboxylic acids is 1. The molecule has 0 amide bonds. The van der Waals surface area contributed by atoms with Gasteiger partial charge in [-0.1, -0.05) is 6.92 Å². The highest BCUT2D eigenvalue weighted by Crippen LogP contribution is 2.19. The van der Waals surface area contributed by atoms with Crippen LogP contribution in [0.25, 0.3) is 0 Å². The Morgan fingerprint density at radius 1 is 1.40 bits per heavy atom. The average Bonchev–Trinajstić information content (AvgIpc) is 2.16. The van der Waals surface area contributed by atoms with Crippen LogP contribution in [0.5, 0.6) is 0 Å². The summed E-state index contributed by atoms with van der Waals surface area (Å²) in [4.78, 5) is 10.5. The first kappa shape index (κ1) is 12.9. The maximum atomic E-state index is 11.7. The Kier molecular flexibility index (Phi) is 4.55. The molecule has 1 saturated heterocycles. The van der Waals surface area contributed by atoms with Crippen molar-refractivity contribution in [1.82, 2.24) is 4.31 Å². The lowest BCUT2D eigenvalue weighted by molar-refractivity contribution is -0.111. The van der Waals surface area contributed by atoms with E-state index in [1.165, 1.54) is 4.31 Å². The molecule has 4 nitrogen and oxygen atoms in total. The molecular weight excluding hydrogens is 238 g/mol. The Hall–Kier alpha value is -0.130. The number of hydrogen-bond acceptors (Lipinski definition) is 3. The molecule has 0 aromatic carbocycles. The molecule has 0 aromatic rings. The first-order valence-electron chi connectivity index (χ1n) is 5.08. The third-order valence-corrected chi connectivity index (χ3v) is 4.75. The molecule has 88 valence electrons. The van der Waals surface area contributed by atoms with Crippen molar-refractivity contribution < 1.29 is 13.2 Å². The second-order valence-corrected chi connectivity index (χ2v) is 6.51. The van der Waals surface area contributed by atoms with Crippen LogP contribution in [0.2, 0.25) is 0 Å². The van der Waals surface area contributed by atoms with Crippen LogP contribution in [0.4, 0.5) is 0 Å². The minimum absolute atomic E-state index is 0.101. The van der Waals surface area contributed by atoms with Gasteiger partial charge in [0.15, 0.2) is 0 Å². The number of carbonyl (C=O) groups is 1. The number of rotatable bonds is 4. The lowest BCUT2D eigenvalue weighted by atomic mass is 10.0. The van der Waals surface area contributed by atoms with E-state index in [-0.39, 0.29) is 12.2 Å². The molecule has 0 unspecified atom stereocenters. The third kappa shape index (κ3) is 4.09. The fraction of sp³-hybridized carbons (Fsp3) is 0.889. The maximum absolute atomic E-state index is 11.7. The molecule has 0 spiro atoms. The van der Waals surface area contributed by atoms with Crippen LogP contribution >= 0.6 is 11.6 Å². The number of nitrogens with zero attached hydrogens (tertiary/aromatic N) is 1. The first-order valence-corrected chi connectivity index (χ1v) is 7.06. The zero-order valence-corrected chi connectivity index (χ0v) is 10.4. The highest BCUT2D eigenvalue weighted by Gasteiger charge is 2.26. The van der Waals surface area contributed by atoms with Crippen molar-refractivity contribution in [2.45, 2.75) is 26.2 Å². The molecule has 1 heterocycles. The molecular formula is C9H16ClNO3S. The second-order valence-electron chi connectivity index (χ2n) is 4.00. The predicted molar refractivity (Wildman–Crippen MR) is 59.2 cm³/mol. The van der Waals surface area contributed by atoms with E-state index in [0.717, 1.165) is 12.8 Å². The van der Waals surface area contributed by atoms with Crippen LogP contribution in [0, 0.1) is 5.92 Å². The van der Waals surface area contributed by atoms with Gasteiger partial charge in [-0.15, -0.1) is 0 Å². The Bertz CT molecular complexity index is 320. The van der Waals surface area contributed by atoms with Gasteiger partial charge in [-0.2, -0.15) is 0 Å². The maximum Gasteiger partial charge on any atom is 0.222 e. The number of halogens is 1. The summed E-state index contributed by atoms with van der Waals surface area (Å²) in [5.74, 6) is 0.426. The van der Waals surface area contributed by atoms with Crippen molar-refractivity contribution in [1.29, 1.82) is 0 Å². The van der Waals surface area contributed by atoms with E-state index in [9.17, 15) is 13.2 Å². The number of sulfonamides is 1. The normalized spacial score (nSPS) is 20.4. The van der Waals surface area contributed by atoms with Crippen molar-refractivity contribution in [2.75, 3.05) is 18.8 Å². The monoisotopic (exact) mass is 253 g/mol. The summed E-state index contributed by atoms with van der Waals surface area (Å²) in [5, 5.41) is -0.594. The van der Waals surface area contributed by atoms with Crippen molar-refractivity contribution >= 4 is 26.9 Å². The summed E-state index contributed by atoms with van der Waals surface area (Å²) in [7, 11) is -3.27. The van der Waals surface area contributed by atoms with E-state index in [1.807, 2.05) is 0 Å². The summed E-state index contributed by atoms with van der Waals surface area (Å²) in [6.45, 7) is 3.26. The van der Waals surface area contributed by atoms with Crippen molar-refractivity contribution in [2.24, 2.45) is 5.92 Å². The van der Waals surface area contributed by atoms with Crippen LogP contribution in [-0.2, 0) is 14.8 Å². The Balaban J connectivity index is 2.50. The lowest BCUT2D eigenvalue weighted by Gasteiger charge is -2.29. The molecule has 1 aliphatic rings. The van der Waals surface area contributed by atoms with Gasteiger partial charge in [-0.05, 0) is 30.4 Å². The molecule has 0 aromatic heterocycles. The summed E-state index contributed by atoms with van der Waals surface area (Å²) in [5.41, 5.74) is 0. The zero-order chi connectivity index (χ0) is 11.5. The number of piperidine rings is 1. The van der Waals surface area contributed by atoms with Gasteiger partial charge in [0, 0.05) is 19.5 Å². The Morgan fingerprint density at radius 3 is 2.40 bits per heavy atom. The SMILES string of the molecule is CC1CCN(S(=O)(=O)CCC(=O)Cl)CC1. The quantitative estimate of drug-likeness (QED) is 0.708. The molecule has 0 saturated carbocycles. The van der Waals surface area contributed by atoms with Crippen molar-refractivity contribution in [3.8, 4) is 0 Å². The zero-order valence-electron chi connectivity index (χ0n) is 8.78. The summed E-state index contributed by atoms with van der Waals surface area (Å²) in [6.07, 6.45) is 1.69. The van der Waals surface area contributed by atoms with E-state index in [2.05, 4.69) is 6.92 Å². The van der Waals surface area contributed by atoms with Gasteiger partial charge >= 0.3 is 0 Å². The molecule has 1 aliphatic heterocycles. The van der Waals surface area contributed by atoms with Gasteiger partial charge in [0.25, 0.3) is 0 Å². The van der Waals surface area contributed by atoms with E-state index >= 15 is 0 Å². The van der Waals surface area contributed by atoms with Gasteiger partial charge in [-0.3, -0.25) is 4.79 Å². The summed E-state index contributed by atoms with van der Waals surface area (Å²) < 4.78 is 24.9. The standard InChI is InChI=1S/C9H16ClNO3S/c1-8-2-5-11(6-3-8)15(13,14)7-4-9(10)12/h8H,2-7H2,1H3. The third-order valence-electron chi connectivity index (χ3n) is 2.69. The largest absolute Gasteiger partial charge is 0.281 e. The molecule has 0 radical (unpaired) electrons. The highest BCUT2D eigenvalue weighted by molar-refractivity contribution is 7.89. The van der Waals surface area contributed by atoms with Crippen molar-refractivity contribution in [3.63, 3.8) is 0 Å². The molecule has 0 atom stereocenters. The fourth-order valence-electron chi connectivity index (χ4n) is 1.60. The van der Waals surface area contributed by atoms with Crippen LogP contribution in [-0.4, -0.2) is 36.8 Å². The van der Waals surface area contributed by atoms with E-state index < -0.39 is 15.3 Å². The van der Waals surface area contributed by atoms with Gasteiger partial charge in [0.05, 0.1) is 5.75 Å². The average molecular weight is 254 g/mol. The van der Waals surface area contributed by atoms with E-state index in [1.54, 1.807) is 0 Å². The van der Waals surface area contributed by atoms with Gasteiger partial charge in [0.1, 0.15) is 0 Å². The topological polar surface area (TPSA) is 54.5 Å². The Labute approximate surface area is 95.6 Å². The summed E-state index contributed by atoms with van der Waals surface area (Å²) in [6, 6.07) is 0. The fourth-order valence-corrected chi connectivity index (χ4v) is 3.28. The van der Waals surface area contributed by atoms with Crippen LogP contribution in [0.1, 0.15) is 26.2 Å². The molecule has 15 heavy (non-hydrogen) atoms. The molecule has 1 rings (SSSR count). The van der Waals surface area contributed by atoms with Crippen LogP contribution < -0.4 is 0 Å². The van der Waals surface area contributed by atoms with Crippen molar-refractivity contribution in [3.05, 3.63) is 0 Å². The Morgan fingerprint density at radius 2 is 1.93 bits per heavy atom. The van der Waals surface area contributed by atoms with Gasteiger partial charge in [0.2, 0.25) is 15.3 Å². The van der Waals surface area contributed by atoms with Gasteiger partial charge in [-0.25, -0.2) is 12.7 Å². The molecule has 1 fully saturated rings.